The highest BCUT2D eigenvalue weighted by Crippen LogP contribution is 2.23. The van der Waals surface area contributed by atoms with Gasteiger partial charge in [-0.2, -0.15) is 0 Å². The number of hydrogen-bond donors (Lipinski definition) is 1. The first-order chi connectivity index (χ1) is 9.85. The third-order valence-corrected chi connectivity index (χ3v) is 6.17. The van der Waals surface area contributed by atoms with Gasteiger partial charge < -0.3 is 10.2 Å². The standard InChI is InChI=1S/C15H28N2O3S/c1-12(2)9-17(10-14-4-3-6-16-14)15(18)8-13-5-7-21(19,20)11-13/h12-14,16H,3-11H2,1-2H3. The van der Waals surface area contributed by atoms with Crippen molar-refractivity contribution in [2.45, 2.75) is 45.6 Å². The maximum atomic E-state index is 12.5. The number of amides is 1. The van der Waals surface area contributed by atoms with Crippen LogP contribution in [0.1, 0.15) is 39.5 Å². The molecule has 0 aromatic rings. The molecule has 1 amide bonds. The topological polar surface area (TPSA) is 66.5 Å². The molecule has 2 aliphatic heterocycles. The normalized spacial score (nSPS) is 28.1. The molecule has 5 nitrogen and oxygen atoms in total. The monoisotopic (exact) mass is 316 g/mol. The molecule has 2 fully saturated rings. The Morgan fingerprint density at radius 3 is 2.62 bits per heavy atom. The van der Waals surface area contributed by atoms with Gasteiger partial charge in [-0.1, -0.05) is 13.8 Å². The van der Waals surface area contributed by atoms with Crippen molar-refractivity contribution in [1.82, 2.24) is 10.2 Å². The Morgan fingerprint density at radius 1 is 1.33 bits per heavy atom. The molecule has 122 valence electrons. The molecule has 1 N–H and O–H groups in total. The van der Waals surface area contributed by atoms with Crippen LogP contribution in [0.4, 0.5) is 0 Å². The van der Waals surface area contributed by atoms with Gasteiger partial charge in [-0.05, 0) is 37.6 Å². The van der Waals surface area contributed by atoms with Crippen molar-refractivity contribution < 1.29 is 13.2 Å². The van der Waals surface area contributed by atoms with Crippen LogP contribution >= 0.6 is 0 Å². The number of nitrogens with one attached hydrogen (secondary N) is 1. The highest BCUT2D eigenvalue weighted by Gasteiger charge is 2.31. The van der Waals surface area contributed by atoms with Gasteiger partial charge in [0, 0.05) is 25.6 Å². The number of rotatable bonds is 6. The van der Waals surface area contributed by atoms with Crippen molar-refractivity contribution in [1.29, 1.82) is 0 Å². The van der Waals surface area contributed by atoms with Gasteiger partial charge in [-0.15, -0.1) is 0 Å². The predicted molar refractivity (Wildman–Crippen MR) is 83.8 cm³/mol. The lowest BCUT2D eigenvalue weighted by Crippen LogP contribution is -2.43. The second-order valence-electron chi connectivity index (χ2n) is 6.96. The summed E-state index contributed by atoms with van der Waals surface area (Å²) in [6.45, 7) is 6.78. The lowest BCUT2D eigenvalue weighted by Gasteiger charge is -2.28. The average Bonchev–Trinajstić information content (AvgIpc) is 2.97. The van der Waals surface area contributed by atoms with Crippen LogP contribution in [-0.2, 0) is 14.6 Å². The Bertz CT molecular complexity index is 456. The molecule has 0 spiro atoms. The number of hydrogen-bond acceptors (Lipinski definition) is 4. The highest BCUT2D eigenvalue weighted by atomic mass is 32.2. The van der Waals surface area contributed by atoms with Crippen LogP contribution in [0.3, 0.4) is 0 Å². The first-order valence-electron chi connectivity index (χ1n) is 8.07. The SMILES string of the molecule is CC(C)CN(CC1CCCN1)C(=O)CC1CCS(=O)(=O)C1. The molecule has 2 rings (SSSR count). The smallest absolute Gasteiger partial charge is 0.222 e. The number of sulfone groups is 1. The van der Waals surface area contributed by atoms with E-state index < -0.39 is 9.84 Å². The van der Waals surface area contributed by atoms with Crippen molar-refractivity contribution >= 4 is 15.7 Å². The van der Waals surface area contributed by atoms with Crippen LogP contribution in [0.15, 0.2) is 0 Å². The zero-order valence-corrected chi connectivity index (χ0v) is 14.0. The fourth-order valence-electron chi connectivity index (χ4n) is 3.31. The fraction of sp³-hybridized carbons (Fsp3) is 0.933. The minimum absolute atomic E-state index is 0.0219. The van der Waals surface area contributed by atoms with Crippen molar-refractivity contribution in [3.05, 3.63) is 0 Å². The van der Waals surface area contributed by atoms with Crippen molar-refractivity contribution in [2.75, 3.05) is 31.1 Å². The van der Waals surface area contributed by atoms with Crippen LogP contribution in [-0.4, -0.2) is 56.4 Å². The van der Waals surface area contributed by atoms with Gasteiger partial charge in [0.25, 0.3) is 0 Å². The number of carbonyl (C=O) groups is 1. The molecule has 0 aliphatic carbocycles. The Balaban J connectivity index is 1.90. The molecular formula is C15H28N2O3S. The van der Waals surface area contributed by atoms with Gasteiger partial charge in [0.15, 0.2) is 9.84 Å². The number of carbonyl (C=O) groups excluding carboxylic acids is 1. The molecule has 21 heavy (non-hydrogen) atoms. The molecule has 2 atom stereocenters. The second kappa shape index (κ2) is 7.09. The minimum Gasteiger partial charge on any atom is -0.341 e. The zero-order valence-electron chi connectivity index (χ0n) is 13.2. The van der Waals surface area contributed by atoms with E-state index >= 15 is 0 Å². The predicted octanol–water partition coefficient (Wildman–Crippen LogP) is 1.05. The van der Waals surface area contributed by atoms with Crippen molar-refractivity contribution in [3.8, 4) is 0 Å². The van der Waals surface area contributed by atoms with Crippen LogP contribution in [0.5, 0.6) is 0 Å². The van der Waals surface area contributed by atoms with E-state index in [9.17, 15) is 13.2 Å². The summed E-state index contributed by atoms with van der Waals surface area (Å²) in [5.41, 5.74) is 0. The largest absolute Gasteiger partial charge is 0.341 e. The van der Waals surface area contributed by atoms with E-state index in [2.05, 4.69) is 19.2 Å². The quantitative estimate of drug-likeness (QED) is 0.795. The molecule has 0 aromatic heterocycles. The summed E-state index contributed by atoms with van der Waals surface area (Å²) < 4.78 is 23.0. The van der Waals surface area contributed by atoms with Crippen LogP contribution in [0.2, 0.25) is 0 Å². The summed E-state index contributed by atoms with van der Waals surface area (Å²) in [4.78, 5) is 14.5. The Morgan fingerprint density at radius 2 is 2.10 bits per heavy atom. The summed E-state index contributed by atoms with van der Waals surface area (Å²) in [5.74, 6) is 1.02. The molecule has 2 heterocycles. The van der Waals surface area contributed by atoms with E-state index in [1.807, 2.05) is 4.90 Å². The third kappa shape index (κ3) is 5.25. The molecule has 2 aliphatic rings. The van der Waals surface area contributed by atoms with Crippen molar-refractivity contribution in [3.63, 3.8) is 0 Å². The molecule has 0 aromatic carbocycles. The van der Waals surface area contributed by atoms with Gasteiger partial charge in [0.1, 0.15) is 0 Å². The first kappa shape index (κ1) is 16.7. The van der Waals surface area contributed by atoms with E-state index in [4.69, 9.17) is 0 Å². The summed E-state index contributed by atoms with van der Waals surface area (Å²) in [6, 6.07) is 0.403. The average molecular weight is 316 g/mol. The summed E-state index contributed by atoms with van der Waals surface area (Å²) in [5, 5.41) is 3.43. The Labute approximate surface area is 128 Å². The summed E-state index contributed by atoms with van der Waals surface area (Å²) in [7, 11) is -2.90. The molecule has 0 bridgehead atoms. The summed E-state index contributed by atoms with van der Waals surface area (Å²) >= 11 is 0. The molecule has 2 saturated heterocycles. The van der Waals surface area contributed by atoms with Crippen LogP contribution in [0.25, 0.3) is 0 Å². The molecular weight excluding hydrogens is 288 g/mol. The van der Waals surface area contributed by atoms with Gasteiger partial charge in [0.2, 0.25) is 5.91 Å². The Kier molecular flexibility index (Phi) is 5.66. The van der Waals surface area contributed by atoms with E-state index in [1.54, 1.807) is 0 Å². The maximum absolute atomic E-state index is 12.5. The minimum atomic E-state index is -2.90. The maximum Gasteiger partial charge on any atom is 0.222 e. The van der Waals surface area contributed by atoms with Gasteiger partial charge in [-0.25, -0.2) is 8.42 Å². The zero-order chi connectivity index (χ0) is 15.5. The molecule has 0 radical (unpaired) electrons. The van der Waals surface area contributed by atoms with Gasteiger partial charge in [0.05, 0.1) is 11.5 Å². The highest BCUT2D eigenvalue weighted by molar-refractivity contribution is 7.91. The van der Waals surface area contributed by atoms with E-state index in [1.165, 1.54) is 6.42 Å². The van der Waals surface area contributed by atoms with Crippen LogP contribution < -0.4 is 5.32 Å². The Hall–Kier alpha value is -0.620. The second-order valence-corrected chi connectivity index (χ2v) is 9.19. The lowest BCUT2D eigenvalue weighted by molar-refractivity contribution is -0.132. The van der Waals surface area contributed by atoms with E-state index in [0.717, 1.165) is 26.1 Å². The van der Waals surface area contributed by atoms with E-state index in [0.29, 0.717) is 24.8 Å². The summed E-state index contributed by atoms with van der Waals surface area (Å²) in [6.07, 6.45) is 3.33. The molecule has 6 heteroatoms. The lowest BCUT2D eigenvalue weighted by atomic mass is 10.0. The number of nitrogens with zero attached hydrogens (tertiary/aromatic N) is 1. The van der Waals surface area contributed by atoms with Crippen LogP contribution in [0, 0.1) is 11.8 Å². The molecule has 0 saturated carbocycles. The fourth-order valence-corrected chi connectivity index (χ4v) is 5.17. The van der Waals surface area contributed by atoms with E-state index in [-0.39, 0.29) is 23.3 Å². The van der Waals surface area contributed by atoms with Gasteiger partial charge in [-0.3, -0.25) is 4.79 Å². The first-order valence-corrected chi connectivity index (χ1v) is 9.89. The third-order valence-electron chi connectivity index (χ3n) is 4.33. The van der Waals surface area contributed by atoms with Gasteiger partial charge >= 0.3 is 0 Å². The van der Waals surface area contributed by atoms with Crippen molar-refractivity contribution in [2.24, 2.45) is 11.8 Å². The molecule has 2 unspecified atom stereocenters.